The molecule has 1 aliphatic rings. The lowest BCUT2D eigenvalue weighted by Crippen LogP contribution is -2.62. The van der Waals surface area contributed by atoms with Crippen molar-refractivity contribution in [3.63, 3.8) is 0 Å². The predicted molar refractivity (Wildman–Crippen MR) is 71.1 cm³/mol. The molecule has 3 N–H and O–H groups in total. The lowest BCUT2D eigenvalue weighted by Gasteiger charge is -2.44. The third kappa shape index (κ3) is 2.28. The van der Waals surface area contributed by atoms with Crippen molar-refractivity contribution in [2.45, 2.75) is 37.8 Å². The van der Waals surface area contributed by atoms with Gasteiger partial charge < -0.3 is 15.8 Å². The molecule has 0 aliphatic carbocycles. The number of benzene rings is 1. The zero-order chi connectivity index (χ0) is 16.1. The Morgan fingerprint density at radius 3 is 2.38 bits per heavy atom. The van der Waals surface area contributed by atoms with E-state index in [2.05, 4.69) is 5.32 Å². The first-order valence-corrected chi connectivity index (χ1v) is 6.55. The van der Waals surface area contributed by atoms with Gasteiger partial charge in [-0.05, 0) is 26.8 Å². The lowest BCUT2D eigenvalue weighted by atomic mass is 9.77. The van der Waals surface area contributed by atoms with Crippen molar-refractivity contribution in [3.8, 4) is 0 Å². The minimum Gasteiger partial charge on any atom is -0.396 e. The Kier molecular flexibility index (Phi) is 3.70. The van der Waals surface area contributed by atoms with Crippen molar-refractivity contribution < 1.29 is 22.3 Å². The fraction of sp³-hybridized carbons (Fsp3) is 0.571. The highest BCUT2D eigenvalue weighted by Crippen LogP contribution is 2.48. The van der Waals surface area contributed by atoms with Gasteiger partial charge in [0, 0.05) is 18.2 Å². The van der Waals surface area contributed by atoms with Crippen LogP contribution in [0.25, 0.3) is 0 Å². The molecule has 0 radical (unpaired) electrons. The van der Waals surface area contributed by atoms with Gasteiger partial charge in [-0.3, -0.25) is 0 Å². The first kappa shape index (κ1) is 16.0. The van der Waals surface area contributed by atoms with Crippen molar-refractivity contribution in [1.82, 2.24) is 5.32 Å². The van der Waals surface area contributed by atoms with Crippen LogP contribution in [0.3, 0.4) is 0 Å². The van der Waals surface area contributed by atoms with Crippen LogP contribution in [0.5, 0.6) is 0 Å². The number of hydrogen-bond acceptors (Lipinski definition) is 3. The molecule has 118 valence electrons. The molecule has 1 fully saturated rings. The van der Waals surface area contributed by atoms with E-state index in [9.17, 15) is 17.6 Å². The fourth-order valence-corrected chi connectivity index (χ4v) is 2.62. The SMILES string of the molecule is CC1(C)OCCN[C@](C)(c2cc(N)c(F)cc2F)C1(F)F. The summed E-state index contributed by atoms with van der Waals surface area (Å²) in [6.07, 6.45) is 0. The van der Waals surface area contributed by atoms with Crippen LogP contribution in [0, 0.1) is 11.6 Å². The van der Waals surface area contributed by atoms with Crippen LogP contribution in [-0.2, 0) is 10.3 Å². The molecular weight excluding hydrogens is 288 g/mol. The summed E-state index contributed by atoms with van der Waals surface area (Å²) in [4.78, 5) is 0. The number of nitrogens with two attached hydrogens (primary N) is 1. The van der Waals surface area contributed by atoms with Crippen LogP contribution in [0.2, 0.25) is 0 Å². The molecular formula is C14H18F4N2O. The summed E-state index contributed by atoms with van der Waals surface area (Å²) in [5.74, 6) is -5.51. The summed E-state index contributed by atoms with van der Waals surface area (Å²) < 4.78 is 62.3. The smallest absolute Gasteiger partial charge is 0.297 e. The standard InChI is InChI=1S/C14H18F4N2O/c1-12(2)14(17,18)13(3,20-4-5-21-12)8-6-11(19)10(16)7-9(8)15/h6-7,20H,4-5,19H2,1-3H3/t13-/m1/s1. The van der Waals surface area contributed by atoms with Crippen molar-refractivity contribution in [3.05, 3.63) is 29.3 Å². The van der Waals surface area contributed by atoms with Gasteiger partial charge in [0.05, 0.1) is 12.3 Å². The zero-order valence-electron chi connectivity index (χ0n) is 12.1. The third-order valence-corrected chi connectivity index (χ3v) is 4.05. The topological polar surface area (TPSA) is 47.3 Å². The molecule has 0 saturated carbocycles. The number of anilines is 1. The summed E-state index contributed by atoms with van der Waals surface area (Å²) in [7, 11) is 0. The third-order valence-electron chi connectivity index (χ3n) is 4.05. The Morgan fingerprint density at radius 2 is 1.76 bits per heavy atom. The number of hydrogen-bond donors (Lipinski definition) is 2. The second-order valence-corrected chi connectivity index (χ2v) is 5.84. The quantitative estimate of drug-likeness (QED) is 0.619. The first-order valence-electron chi connectivity index (χ1n) is 6.55. The van der Waals surface area contributed by atoms with E-state index in [1.807, 2.05) is 0 Å². The van der Waals surface area contributed by atoms with Crippen LogP contribution in [0.4, 0.5) is 23.2 Å². The summed E-state index contributed by atoms with van der Waals surface area (Å²) in [5, 5.41) is 2.61. The van der Waals surface area contributed by atoms with E-state index in [1.54, 1.807) is 0 Å². The molecule has 0 aromatic heterocycles. The molecule has 1 heterocycles. The Hall–Kier alpha value is -1.34. The van der Waals surface area contributed by atoms with Crippen LogP contribution < -0.4 is 11.1 Å². The Morgan fingerprint density at radius 1 is 1.14 bits per heavy atom. The molecule has 0 unspecified atom stereocenters. The minimum atomic E-state index is -3.46. The van der Waals surface area contributed by atoms with Gasteiger partial charge >= 0.3 is 0 Å². The van der Waals surface area contributed by atoms with E-state index in [0.717, 1.165) is 6.07 Å². The molecule has 0 amide bonds. The maximum Gasteiger partial charge on any atom is 0.297 e. The Balaban J connectivity index is 2.66. The van der Waals surface area contributed by atoms with E-state index in [4.69, 9.17) is 10.5 Å². The molecule has 0 bridgehead atoms. The molecule has 1 atom stereocenters. The molecule has 7 heteroatoms. The summed E-state index contributed by atoms with van der Waals surface area (Å²) in [6.45, 7) is 3.80. The van der Waals surface area contributed by atoms with Crippen LogP contribution in [0.1, 0.15) is 26.3 Å². The molecule has 3 nitrogen and oxygen atoms in total. The van der Waals surface area contributed by atoms with Gasteiger partial charge in [-0.25, -0.2) is 17.6 Å². The summed E-state index contributed by atoms with van der Waals surface area (Å²) in [6, 6.07) is 1.43. The second-order valence-electron chi connectivity index (χ2n) is 5.84. The second kappa shape index (κ2) is 4.84. The monoisotopic (exact) mass is 306 g/mol. The lowest BCUT2D eigenvalue weighted by molar-refractivity contribution is -0.216. The maximum atomic E-state index is 14.9. The van der Waals surface area contributed by atoms with Crippen LogP contribution in [0.15, 0.2) is 12.1 Å². The van der Waals surface area contributed by atoms with Gasteiger partial charge in [-0.1, -0.05) is 0 Å². The van der Waals surface area contributed by atoms with E-state index < -0.39 is 28.7 Å². The highest BCUT2D eigenvalue weighted by molar-refractivity contribution is 5.46. The molecule has 0 spiro atoms. The van der Waals surface area contributed by atoms with Gasteiger partial charge in [0.1, 0.15) is 22.8 Å². The first-order chi connectivity index (χ1) is 9.53. The van der Waals surface area contributed by atoms with Gasteiger partial charge in [0.25, 0.3) is 5.92 Å². The van der Waals surface area contributed by atoms with E-state index in [1.165, 1.54) is 20.8 Å². The number of halogens is 4. The van der Waals surface area contributed by atoms with Gasteiger partial charge in [-0.2, -0.15) is 0 Å². The summed E-state index contributed by atoms with van der Waals surface area (Å²) >= 11 is 0. The average Bonchev–Trinajstić information content (AvgIpc) is 2.44. The van der Waals surface area contributed by atoms with Gasteiger partial charge in [-0.15, -0.1) is 0 Å². The van der Waals surface area contributed by atoms with Crippen molar-refractivity contribution in [2.75, 3.05) is 18.9 Å². The fourth-order valence-electron chi connectivity index (χ4n) is 2.62. The number of alkyl halides is 2. The highest BCUT2D eigenvalue weighted by atomic mass is 19.3. The van der Waals surface area contributed by atoms with Crippen LogP contribution >= 0.6 is 0 Å². The molecule has 1 aromatic rings. The van der Waals surface area contributed by atoms with E-state index in [-0.39, 0.29) is 24.4 Å². The van der Waals surface area contributed by atoms with E-state index in [0.29, 0.717) is 6.07 Å². The number of nitrogens with one attached hydrogen (secondary N) is 1. The van der Waals surface area contributed by atoms with E-state index >= 15 is 0 Å². The number of nitrogen functional groups attached to an aromatic ring is 1. The molecule has 2 rings (SSSR count). The maximum absolute atomic E-state index is 14.9. The Bertz CT molecular complexity index is 562. The Labute approximate surface area is 120 Å². The molecule has 21 heavy (non-hydrogen) atoms. The van der Waals surface area contributed by atoms with Gasteiger partial charge in [0.2, 0.25) is 0 Å². The summed E-state index contributed by atoms with van der Waals surface area (Å²) in [5.41, 5.74) is 0.750. The highest BCUT2D eigenvalue weighted by Gasteiger charge is 2.63. The van der Waals surface area contributed by atoms with Crippen molar-refractivity contribution in [2.24, 2.45) is 0 Å². The number of ether oxygens (including phenoxy) is 1. The average molecular weight is 306 g/mol. The van der Waals surface area contributed by atoms with Crippen molar-refractivity contribution >= 4 is 5.69 Å². The van der Waals surface area contributed by atoms with Crippen molar-refractivity contribution in [1.29, 1.82) is 0 Å². The molecule has 1 aliphatic heterocycles. The van der Waals surface area contributed by atoms with Gasteiger partial charge in [0.15, 0.2) is 0 Å². The number of rotatable bonds is 1. The molecule has 1 saturated heterocycles. The largest absolute Gasteiger partial charge is 0.396 e. The van der Waals surface area contributed by atoms with Crippen LogP contribution in [-0.4, -0.2) is 24.7 Å². The zero-order valence-corrected chi connectivity index (χ0v) is 12.1. The molecule has 1 aromatic carbocycles. The predicted octanol–water partition coefficient (Wildman–Crippen LogP) is 2.80. The normalized spacial score (nSPS) is 28.1. The minimum absolute atomic E-state index is 0.0521.